The van der Waals surface area contributed by atoms with Gasteiger partial charge in [-0.1, -0.05) is 11.5 Å². The van der Waals surface area contributed by atoms with Gasteiger partial charge in [0.2, 0.25) is 5.91 Å². The molecule has 2 fully saturated rings. The summed E-state index contributed by atoms with van der Waals surface area (Å²) in [7, 11) is 0. The van der Waals surface area contributed by atoms with Gasteiger partial charge in [0.05, 0.1) is 25.3 Å². The molecule has 2 rings (SSSR count). The molecule has 0 bridgehead atoms. The van der Waals surface area contributed by atoms with Gasteiger partial charge in [0.15, 0.2) is 0 Å². The highest BCUT2D eigenvalue weighted by molar-refractivity contribution is 8.00. The molecular formula is C14H24N6O3S. The molecule has 0 aromatic carbocycles. The van der Waals surface area contributed by atoms with Gasteiger partial charge in [-0.15, -0.1) is 0 Å². The Hall–Kier alpha value is -1.64. The van der Waals surface area contributed by atoms with Crippen LogP contribution < -0.4 is 16.0 Å². The Balaban J connectivity index is 1.45. The maximum Gasteiger partial charge on any atom is 0.315 e. The van der Waals surface area contributed by atoms with E-state index in [2.05, 4.69) is 26.0 Å². The summed E-state index contributed by atoms with van der Waals surface area (Å²) in [5.41, 5.74) is 8.09. The summed E-state index contributed by atoms with van der Waals surface area (Å²) < 4.78 is 5.21. The van der Waals surface area contributed by atoms with Crippen LogP contribution in [-0.2, 0) is 9.53 Å². The molecule has 2 saturated heterocycles. The Morgan fingerprint density at radius 1 is 1.42 bits per heavy atom. The molecule has 2 aliphatic rings. The lowest BCUT2D eigenvalue weighted by Gasteiger charge is -2.16. The third-order valence-electron chi connectivity index (χ3n) is 4.05. The van der Waals surface area contributed by atoms with Gasteiger partial charge in [0.25, 0.3) is 0 Å². The van der Waals surface area contributed by atoms with E-state index in [0.717, 1.165) is 25.0 Å². The topological polar surface area (TPSA) is 128 Å². The highest BCUT2D eigenvalue weighted by Crippen LogP contribution is 2.33. The lowest BCUT2D eigenvalue weighted by molar-refractivity contribution is -0.121. The van der Waals surface area contributed by atoms with Gasteiger partial charge in [-0.05, 0) is 18.4 Å². The summed E-state index contributed by atoms with van der Waals surface area (Å²) in [5.74, 6) is 0.996. The van der Waals surface area contributed by atoms with Crippen LogP contribution in [0.2, 0.25) is 0 Å². The van der Waals surface area contributed by atoms with Crippen molar-refractivity contribution in [3.63, 3.8) is 0 Å². The van der Waals surface area contributed by atoms with Gasteiger partial charge < -0.3 is 20.7 Å². The van der Waals surface area contributed by atoms with Crippen molar-refractivity contribution in [3.05, 3.63) is 10.4 Å². The number of nitrogens with zero attached hydrogens (tertiary/aromatic N) is 3. The first kappa shape index (κ1) is 18.7. The fraction of sp³-hybridized carbons (Fsp3) is 0.857. The molecule has 2 aliphatic heterocycles. The first-order valence-corrected chi connectivity index (χ1v) is 9.29. The highest BCUT2D eigenvalue weighted by atomic mass is 32.2. The number of thioether (sulfide) groups is 1. The van der Waals surface area contributed by atoms with E-state index in [0.29, 0.717) is 38.0 Å². The largest absolute Gasteiger partial charge is 0.379 e. The molecule has 1 unspecified atom stereocenters. The van der Waals surface area contributed by atoms with Crippen LogP contribution >= 0.6 is 11.8 Å². The second-order valence-corrected chi connectivity index (χ2v) is 7.06. The van der Waals surface area contributed by atoms with Gasteiger partial charge in [0, 0.05) is 35.4 Å². The average Bonchev–Trinajstić information content (AvgIpc) is 3.10. The Bertz CT molecular complexity index is 485. The lowest BCUT2D eigenvalue weighted by Crippen LogP contribution is -2.36. The summed E-state index contributed by atoms with van der Waals surface area (Å²) in [6.45, 7) is 1.56. The molecule has 9 nitrogen and oxygen atoms in total. The molecule has 24 heavy (non-hydrogen) atoms. The molecule has 0 saturated carbocycles. The number of nitrogens with one attached hydrogen (secondary N) is 3. The van der Waals surface area contributed by atoms with E-state index >= 15 is 0 Å². The van der Waals surface area contributed by atoms with Crippen molar-refractivity contribution in [2.45, 2.75) is 43.0 Å². The minimum Gasteiger partial charge on any atom is -0.379 e. The molecule has 0 radical (unpaired) electrons. The number of urea groups is 1. The van der Waals surface area contributed by atoms with Crippen molar-refractivity contribution in [1.82, 2.24) is 16.0 Å². The summed E-state index contributed by atoms with van der Waals surface area (Å²) in [6.07, 6.45) is 3.35. The van der Waals surface area contributed by atoms with Crippen LogP contribution in [0.4, 0.5) is 4.79 Å². The van der Waals surface area contributed by atoms with Gasteiger partial charge >= 0.3 is 6.03 Å². The molecule has 3 amide bonds. The van der Waals surface area contributed by atoms with Crippen LogP contribution in [-0.4, -0.2) is 61.3 Å². The number of hydrogen-bond acceptors (Lipinski definition) is 5. The van der Waals surface area contributed by atoms with Gasteiger partial charge in [-0.3, -0.25) is 4.79 Å². The molecule has 134 valence electrons. The summed E-state index contributed by atoms with van der Waals surface area (Å²) >= 11 is 1.90. The first-order chi connectivity index (χ1) is 11.7. The molecule has 0 aliphatic carbocycles. The normalized spacial score (nSPS) is 24.7. The van der Waals surface area contributed by atoms with E-state index in [9.17, 15) is 9.59 Å². The quantitative estimate of drug-likeness (QED) is 0.169. The predicted octanol–water partition coefficient (Wildman–Crippen LogP) is 1.16. The smallest absolute Gasteiger partial charge is 0.315 e. The lowest BCUT2D eigenvalue weighted by atomic mass is 10.0. The molecule has 0 aromatic rings. The number of rotatable bonds is 11. The van der Waals surface area contributed by atoms with E-state index in [1.165, 1.54) is 0 Å². The molecular weight excluding hydrogens is 332 g/mol. The molecule has 3 N–H and O–H groups in total. The van der Waals surface area contributed by atoms with Crippen LogP contribution in [0.15, 0.2) is 5.11 Å². The van der Waals surface area contributed by atoms with Crippen LogP contribution in [0.5, 0.6) is 0 Å². The Morgan fingerprint density at radius 3 is 3.12 bits per heavy atom. The number of ether oxygens (including phenoxy) is 1. The van der Waals surface area contributed by atoms with E-state index < -0.39 is 0 Å². The number of unbranched alkanes of at least 4 members (excludes halogenated alkanes) is 1. The van der Waals surface area contributed by atoms with Crippen LogP contribution in [0.3, 0.4) is 0 Å². The minimum absolute atomic E-state index is 0.0291. The molecule has 3 atom stereocenters. The van der Waals surface area contributed by atoms with Crippen molar-refractivity contribution in [1.29, 1.82) is 0 Å². The fourth-order valence-electron chi connectivity index (χ4n) is 2.88. The molecule has 10 heteroatoms. The zero-order valence-corrected chi connectivity index (χ0v) is 14.4. The third-order valence-corrected chi connectivity index (χ3v) is 5.56. The maximum atomic E-state index is 11.7. The van der Waals surface area contributed by atoms with Crippen molar-refractivity contribution in [2.24, 2.45) is 5.11 Å². The minimum atomic E-state index is -0.0590. The van der Waals surface area contributed by atoms with Gasteiger partial charge in [-0.25, -0.2) is 4.79 Å². The zero-order valence-electron chi connectivity index (χ0n) is 13.6. The van der Waals surface area contributed by atoms with E-state index in [-0.39, 0.29) is 24.0 Å². The summed E-state index contributed by atoms with van der Waals surface area (Å²) in [5, 5.41) is 12.5. The Kier molecular flexibility index (Phi) is 8.00. The van der Waals surface area contributed by atoms with Crippen molar-refractivity contribution >= 4 is 23.7 Å². The predicted molar refractivity (Wildman–Crippen MR) is 91.8 cm³/mol. The summed E-state index contributed by atoms with van der Waals surface area (Å²) in [4.78, 5) is 25.6. The van der Waals surface area contributed by atoms with Crippen LogP contribution in [0, 0.1) is 0 Å². The van der Waals surface area contributed by atoms with E-state index in [1.807, 2.05) is 11.8 Å². The zero-order chi connectivity index (χ0) is 17.2. The van der Waals surface area contributed by atoms with Crippen LogP contribution in [0.1, 0.15) is 25.7 Å². The Morgan fingerprint density at radius 2 is 2.29 bits per heavy atom. The number of carbonyl (C=O) groups excluding carboxylic acids is 2. The number of hydrogen-bond donors (Lipinski definition) is 3. The van der Waals surface area contributed by atoms with Crippen molar-refractivity contribution in [3.8, 4) is 0 Å². The van der Waals surface area contributed by atoms with Gasteiger partial charge in [-0.2, -0.15) is 11.8 Å². The van der Waals surface area contributed by atoms with Crippen molar-refractivity contribution < 1.29 is 14.3 Å². The SMILES string of the molecule is [N-]=[N+]=NCCOCCNC(=O)CCCCC1SC[C@H]2NC(=O)N[C@@H]12. The monoisotopic (exact) mass is 356 g/mol. The summed E-state index contributed by atoms with van der Waals surface area (Å²) in [6, 6.07) is 0.435. The fourth-order valence-corrected chi connectivity index (χ4v) is 4.42. The second kappa shape index (κ2) is 10.3. The number of carbonyl (C=O) groups is 2. The van der Waals surface area contributed by atoms with Gasteiger partial charge in [0.1, 0.15) is 0 Å². The molecule has 0 aromatic heterocycles. The Labute approximate surface area is 145 Å². The molecule has 2 heterocycles. The highest BCUT2D eigenvalue weighted by Gasteiger charge is 2.42. The van der Waals surface area contributed by atoms with E-state index in [4.69, 9.17) is 10.3 Å². The number of fused-ring (bicyclic) bond motifs is 1. The average molecular weight is 356 g/mol. The number of amides is 3. The van der Waals surface area contributed by atoms with E-state index in [1.54, 1.807) is 0 Å². The second-order valence-electron chi connectivity index (χ2n) is 5.78. The van der Waals surface area contributed by atoms with Crippen molar-refractivity contribution in [2.75, 3.05) is 32.1 Å². The number of azide groups is 1. The standard InChI is InChI=1S/C14H24N6O3S/c15-20-17-6-8-23-7-5-16-12(21)4-2-1-3-11-13-10(9-24-11)18-14(22)19-13/h10-11,13H,1-9H2,(H,16,21)(H2,18,19,22)/t10-,11?,13-/m1/s1. The van der Waals surface area contributed by atoms with Crippen LogP contribution in [0.25, 0.3) is 10.4 Å². The first-order valence-electron chi connectivity index (χ1n) is 8.24. The molecule has 0 spiro atoms. The third kappa shape index (κ3) is 6.10. The maximum absolute atomic E-state index is 11.7.